The molecule has 1 aromatic heterocycles. The van der Waals surface area contributed by atoms with E-state index in [4.69, 9.17) is 17.3 Å². The number of nitrogen functional groups attached to an aromatic ring is 1. The highest BCUT2D eigenvalue weighted by Gasteiger charge is 2.07. The first kappa shape index (κ1) is 13.5. The van der Waals surface area contributed by atoms with Gasteiger partial charge in [-0.25, -0.2) is 0 Å². The third-order valence-corrected chi connectivity index (χ3v) is 4.05. The minimum Gasteiger partial charge on any atom is -0.397 e. The maximum atomic E-state index is 6.23. The predicted octanol–water partition coefficient (Wildman–Crippen LogP) is 4.82. The average molecular weight is 396 g/mol. The van der Waals surface area contributed by atoms with Crippen LogP contribution in [0.3, 0.4) is 0 Å². The molecule has 0 aliphatic carbocycles. The van der Waals surface area contributed by atoms with Crippen LogP contribution in [0, 0.1) is 3.57 Å². The standard InChI is InChI=1S/C15H11ClIN3/c16-12-7-10(17)2-4-13(12)20-14-3-1-9-8-19-6-5-11(9)15(14)18/h1-8,20H,18H2. The van der Waals surface area contributed by atoms with Crippen LogP contribution in [-0.2, 0) is 0 Å². The lowest BCUT2D eigenvalue weighted by atomic mass is 10.1. The Labute approximate surface area is 135 Å². The second kappa shape index (κ2) is 5.46. The van der Waals surface area contributed by atoms with Crippen molar-refractivity contribution >= 4 is 62.0 Å². The summed E-state index contributed by atoms with van der Waals surface area (Å²) in [7, 11) is 0. The fraction of sp³-hybridized carbons (Fsp3) is 0. The van der Waals surface area contributed by atoms with Crippen molar-refractivity contribution in [2.45, 2.75) is 0 Å². The van der Waals surface area contributed by atoms with Crippen LogP contribution in [-0.4, -0.2) is 4.98 Å². The first-order valence-electron chi connectivity index (χ1n) is 5.99. The summed E-state index contributed by atoms with van der Waals surface area (Å²) in [5, 5.41) is 5.95. The Balaban J connectivity index is 2.04. The Hall–Kier alpha value is -1.53. The third-order valence-electron chi connectivity index (χ3n) is 3.06. The molecule has 3 N–H and O–H groups in total. The SMILES string of the molecule is Nc1c(Nc2ccc(I)cc2Cl)ccc2cnccc12. The van der Waals surface area contributed by atoms with E-state index >= 15 is 0 Å². The zero-order valence-corrected chi connectivity index (χ0v) is 13.3. The summed E-state index contributed by atoms with van der Waals surface area (Å²) in [6.45, 7) is 0. The van der Waals surface area contributed by atoms with E-state index in [9.17, 15) is 0 Å². The summed E-state index contributed by atoms with van der Waals surface area (Å²) in [6.07, 6.45) is 3.54. The summed E-state index contributed by atoms with van der Waals surface area (Å²) >= 11 is 8.46. The minimum absolute atomic E-state index is 0.672. The summed E-state index contributed by atoms with van der Waals surface area (Å²) < 4.78 is 1.09. The molecule has 0 bridgehead atoms. The van der Waals surface area contributed by atoms with Gasteiger partial charge in [0.05, 0.1) is 22.1 Å². The van der Waals surface area contributed by atoms with E-state index in [2.05, 4.69) is 32.9 Å². The highest BCUT2D eigenvalue weighted by Crippen LogP contribution is 2.33. The molecule has 2 aromatic carbocycles. The zero-order chi connectivity index (χ0) is 14.1. The van der Waals surface area contributed by atoms with E-state index in [1.807, 2.05) is 36.4 Å². The normalized spacial score (nSPS) is 10.7. The number of benzene rings is 2. The molecule has 0 spiro atoms. The molecule has 0 unspecified atom stereocenters. The number of pyridine rings is 1. The van der Waals surface area contributed by atoms with E-state index in [-0.39, 0.29) is 0 Å². The lowest BCUT2D eigenvalue weighted by molar-refractivity contribution is 1.36. The number of nitrogens with two attached hydrogens (primary N) is 1. The molecular weight excluding hydrogens is 385 g/mol. The minimum atomic E-state index is 0.672. The molecule has 0 aliphatic heterocycles. The number of hydrogen-bond acceptors (Lipinski definition) is 3. The van der Waals surface area contributed by atoms with Crippen LogP contribution in [0.15, 0.2) is 48.8 Å². The van der Waals surface area contributed by atoms with Gasteiger partial charge in [0.25, 0.3) is 0 Å². The number of nitrogens with one attached hydrogen (secondary N) is 1. The van der Waals surface area contributed by atoms with Crippen LogP contribution in [0.4, 0.5) is 17.1 Å². The molecule has 0 aliphatic rings. The first-order valence-corrected chi connectivity index (χ1v) is 7.45. The van der Waals surface area contributed by atoms with E-state index < -0.39 is 0 Å². The number of rotatable bonds is 2. The van der Waals surface area contributed by atoms with Crippen LogP contribution in [0.5, 0.6) is 0 Å². The smallest absolute Gasteiger partial charge is 0.0651 e. The Morgan fingerprint density at radius 1 is 1.10 bits per heavy atom. The van der Waals surface area contributed by atoms with Crippen molar-refractivity contribution in [2.24, 2.45) is 0 Å². The quantitative estimate of drug-likeness (QED) is 0.483. The second-order valence-corrected chi connectivity index (χ2v) is 6.03. The molecule has 20 heavy (non-hydrogen) atoms. The van der Waals surface area contributed by atoms with Crippen molar-refractivity contribution < 1.29 is 0 Å². The van der Waals surface area contributed by atoms with E-state index in [1.165, 1.54) is 0 Å². The molecule has 3 rings (SSSR count). The first-order chi connectivity index (χ1) is 9.65. The number of anilines is 3. The van der Waals surface area contributed by atoms with Gasteiger partial charge in [-0.05, 0) is 52.9 Å². The van der Waals surface area contributed by atoms with Crippen LogP contribution < -0.4 is 11.1 Å². The maximum absolute atomic E-state index is 6.23. The summed E-state index contributed by atoms with van der Waals surface area (Å²) in [5.41, 5.74) is 8.59. The molecular formula is C15H11ClIN3. The molecule has 0 fully saturated rings. The molecule has 1 heterocycles. The largest absolute Gasteiger partial charge is 0.397 e. The van der Waals surface area contributed by atoms with Gasteiger partial charge in [0.1, 0.15) is 0 Å². The Kier molecular flexibility index (Phi) is 3.67. The van der Waals surface area contributed by atoms with Crippen LogP contribution in [0.2, 0.25) is 5.02 Å². The van der Waals surface area contributed by atoms with E-state index in [0.29, 0.717) is 10.7 Å². The Bertz CT molecular complexity index is 789. The highest BCUT2D eigenvalue weighted by molar-refractivity contribution is 14.1. The van der Waals surface area contributed by atoms with Gasteiger partial charge < -0.3 is 11.1 Å². The van der Waals surface area contributed by atoms with Gasteiger partial charge in [-0.15, -0.1) is 0 Å². The summed E-state index contributed by atoms with van der Waals surface area (Å²) in [5.74, 6) is 0. The predicted molar refractivity (Wildman–Crippen MR) is 93.6 cm³/mol. The van der Waals surface area contributed by atoms with Crippen molar-refractivity contribution in [1.82, 2.24) is 4.98 Å². The van der Waals surface area contributed by atoms with E-state index in [1.54, 1.807) is 12.4 Å². The lowest BCUT2D eigenvalue weighted by Gasteiger charge is -2.13. The highest BCUT2D eigenvalue weighted by atomic mass is 127. The second-order valence-electron chi connectivity index (χ2n) is 4.37. The molecule has 0 radical (unpaired) electrons. The van der Waals surface area contributed by atoms with E-state index in [0.717, 1.165) is 25.7 Å². The van der Waals surface area contributed by atoms with Gasteiger partial charge >= 0.3 is 0 Å². The monoisotopic (exact) mass is 395 g/mol. The fourth-order valence-corrected chi connectivity index (χ4v) is 2.94. The molecule has 0 saturated heterocycles. The average Bonchev–Trinajstić information content (AvgIpc) is 2.45. The van der Waals surface area contributed by atoms with Gasteiger partial charge in [-0.1, -0.05) is 17.7 Å². The molecule has 0 amide bonds. The van der Waals surface area contributed by atoms with Crippen LogP contribution >= 0.6 is 34.2 Å². The topological polar surface area (TPSA) is 50.9 Å². The van der Waals surface area contributed by atoms with Crippen molar-refractivity contribution in [3.8, 4) is 0 Å². The van der Waals surface area contributed by atoms with Crippen molar-refractivity contribution in [2.75, 3.05) is 11.1 Å². The van der Waals surface area contributed by atoms with Gasteiger partial charge in [0.2, 0.25) is 0 Å². The van der Waals surface area contributed by atoms with Crippen molar-refractivity contribution in [3.63, 3.8) is 0 Å². The van der Waals surface area contributed by atoms with Gasteiger partial charge in [-0.2, -0.15) is 0 Å². The summed E-state index contributed by atoms with van der Waals surface area (Å²) in [6, 6.07) is 11.7. The van der Waals surface area contributed by atoms with Crippen LogP contribution in [0.1, 0.15) is 0 Å². The lowest BCUT2D eigenvalue weighted by Crippen LogP contribution is -1.98. The number of nitrogens with zero attached hydrogens (tertiary/aromatic N) is 1. The molecule has 100 valence electrons. The third kappa shape index (κ3) is 2.53. The molecule has 3 nitrogen and oxygen atoms in total. The Morgan fingerprint density at radius 3 is 2.70 bits per heavy atom. The molecule has 0 saturated carbocycles. The molecule has 3 aromatic rings. The zero-order valence-electron chi connectivity index (χ0n) is 10.4. The number of aromatic nitrogens is 1. The maximum Gasteiger partial charge on any atom is 0.0651 e. The van der Waals surface area contributed by atoms with Gasteiger partial charge in [-0.3, -0.25) is 4.98 Å². The van der Waals surface area contributed by atoms with Crippen molar-refractivity contribution in [1.29, 1.82) is 0 Å². The van der Waals surface area contributed by atoms with Crippen LogP contribution in [0.25, 0.3) is 10.8 Å². The van der Waals surface area contributed by atoms with Gasteiger partial charge in [0.15, 0.2) is 0 Å². The summed E-state index contributed by atoms with van der Waals surface area (Å²) in [4.78, 5) is 4.09. The van der Waals surface area contributed by atoms with Crippen molar-refractivity contribution in [3.05, 3.63) is 57.4 Å². The number of fused-ring (bicyclic) bond motifs is 1. The Morgan fingerprint density at radius 2 is 1.90 bits per heavy atom. The van der Waals surface area contributed by atoms with Gasteiger partial charge in [0, 0.05) is 26.7 Å². The molecule has 5 heteroatoms. The fourth-order valence-electron chi connectivity index (χ4n) is 2.04. The number of hydrogen-bond donors (Lipinski definition) is 2. The number of halogens is 2. The molecule has 0 atom stereocenters.